The van der Waals surface area contributed by atoms with Crippen molar-refractivity contribution in [2.75, 3.05) is 25.6 Å². The predicted octanol–water partition coefficient (Wildman–Crippen LogP) is 2.75. The maximum absolute atomic E-state index is 12.4. The Bertz CT molecular complexity index is 765. The number of nitrogens with zero attached hydrogens (tertiary/aromatic N) is 1. The highest BCUT2D eigenvalue weighted by Crippen LogP contribution is 2.31. The molecule has 2 fully saturated rings. The third-order valence-corrected chi connectivity index (χ3v) is 5.89. The van der Waals surface area contributed by atoms with Gasteiger partial charge in [-0.15, -0.1) is 0 Å². The highest BCUT2D eigenvalue weighted by atomic mass is 35.5. The van der Waals surface area contributed by atoms with E-state index >= 15 is 0 Å². The SMILES string of the molecule is COc1cc(Cl)c(C)cc1NC(=O)C[C@@H]1SC(=NC[C@@H]2CCCO2)NC1=O. The van der Waals surface area contributed by atoms with Gasteiger partial charge in [-0.25, -0.2) is 0 Å². The van der Waals surface area contributed by atoms with Crippen molar-refractivity contribution in [3.8, 4) is 5.75 Å². The Morgan fingerprint density at radius 1 is 1.52 bits per heavy atom. The predicted molar refractivity (Wildman–Crippen MR) is 107 cm³/mol. The molecular weight excluding hydrogens is 390 g/mol. The third-order valence-electron chi connectivity index (χ3n) is 4.36. The van der Waals surface area contributed by atoms with Gasteiger partial charge in [0, 0.05) is 24.1 Å². The minimum absolute atomic E-state index is 0.0419. The van der Waals surface area contributed by atoms with Crippen LogP contribution in [-0.4, -0.2) is 48.6 Å². The summed E-state index contributed by atoms with van der Waals surface area (Å²) in [5.74, 6) is -0.00941. The molecule has 2 aliphatic heterocycles. The summed E-state index contributed by atoms with van der Waals surface area (Å²) in [4.78, 5) is 28.9. The van der Waals surface area contributed by atoms with Crippen molar-refractivity contribution in [1.82, 2.24) is 5.32 Å². The first kappa shape index (κ1) is 20.0. The van der Waals surface area contributed by atoms with E-state index in [9.17, 15) is 9.59 Å². The van der Waals surface area contributed by atoms with E-state index in [1.807, 2.05) is 6.92 Å². The fourth-order valence-corrected chi connectivity index (χ4v) is 4.02. The number of aliphatic imine (C=N–C) groups is 1. The average Bonchev–Trinajstić information content (AvgIpc) is 3.26. The molecule has 2 atom stereocenters. The molecular formula is C18H22ClN3O4S. The number of aryl methyl sites for hydroxylation is 1. The van der Waals surface area contributed by atoms with E-state index in [1.54, 1.807) is 12.1 Å². The largest absolute Gasteiger partial charge is 0.495 e. The molecule has 2 saturated heterocycles. The van der Waals surface area contributed by atoms with Crippen LogP contribution in [0.1, 0.15) is 24.8 Å². The highest BCUT2D eigenvalue weighted by molar-refractivity contribution is 8.15. The van der Waals surface area contributed by atoms with Crippen LogP contribution in [-0.2, 0) is 14.3 Å². The van der Waals surface area contributed by atoms with Crippen molar-refractivity contribution in [1.29, 1.82) is 0 Å². The standard InChI is InChI=1S/C18H22ClN3O4S/c1-10-6-13(14(25-2)7-12(10)19)21-16(23)8-15-17(24)22-18(27-15)20-9-11-4-3-5-26-11/h6-7,11,15H,3-5,8-9H2,1-2H3,(H,21,23)(H,20,22,24)/t11-,15-/m0/s1. The van der Waals surface area contributed by atoms with Crippen molar-refractivity contribution in [2.24, 2.45) is 4.99 Å². The van der Waals surface area contributed by atoms with Gasteiger partial charge >= 0.3 is 0 Å². The van der Waals surface area contributed by atoms with Crippen LogP contribution in [0.3, 0.4) is 0 Å². The summed E-state index contributed by atoms with van der Waals surface area (Å²) in [7, 11) is 1.51. The van der Waals surface area contributed by atoms with Crippen molar-refractivity contribution in [3.05, 3.63) is 22.7 Å². The topological polar surface area (TPSA) is 89.0 Å². The lowest BCUT2D eigenvalue weighted by molar-refractivity contribution is -0.122. The van der Waals surface area contributed by atoms with Gasteiger partial charge in [-0.1, -0.05) is 23.4 Å². The number of rotatable bonds is 6. The fourth-order valence-electron chi connectivity index (χ4n) is 2.89. The molecule has 0 radical (unpaired) electrons. The van der Waals surface area contributed by atoms with Crippen LogP contribution < -0.4 is 15.4 Å². The first-order valence-corrected chi connectivity index (χ1v) is 9.99. The number of methoxy groups -OCH3 is 1. The van der Waals surface area contributed by atoms with Gasteiger partial charge in [0.25, 0.3) is 0 Å². The van der Waals surface area contributed by atoms with Crippen molar-refractivity contribution >= 4 is 46.0 Å². The summed E-state index contributed by atoms with van der Waals surface area (Å²) in [6.45, 7) is 3.14. The molecule has 27 heavy (non-hydrogen) atoms. The number of ether oxygens (including phenoxy) is 2. The quantitative estimate of drug-likeness (QED) is 0.751. The minimum Gasteiger partial charge on any atom is -0.495 e. The Hall–Kier alpha value is -1.77. The van der Waals surface area contributed by atoms with Crippen molar-refractivity contribution < 1.29 is 19.1 Å². The van der Waals surface area contributed by atoms with Gasteiger partial charge in [-0.2, -0.15) is 0 Å². The fraction of sp³-hybridized carbons (Fsp3) is 0.500. The van der Waals surface area contributed by atoms with Crippen LogP contribution in [0.2, 0.25) is 5.02 Å². The number of carbonyl (C=O) groups is 2. The number of amidine groups is 1. The molecule has 7 nitrogen and oxygen atoms in total. The molecule has 1 aromatic carbocycles. The number of benzene rings is 1. The molecule has 2 aliphatic rings. The zero-order chi connectivity index (χ0) is 19.4. The van der Waals surface area contributed by atoms with E-state index in [0.29, 0.717) is 28.2 Å². The van der Waals surface area contributed by atoms with Crippen LogP contribution in [0.4, 0.5) is 5.69 Å². The smallest absolute Gasteiger partial charge is 0.240 e. The summed E-state index contributed by atoms with van der Waals surface area (Å²) in [6, 6.07) is 3.40. The first-order chi connectivity index (χ1) is 13.0. The maximum Gasteiger partial charge on any atom is 0.240 e. The lowest BCUT2D eigenvalue weighted by Gasteiger charge is -2.13. The van der Waals surface area contributed by atoms with Crippen LogP contribution in [0.15, 0.2) is 17.1 Å². The van der Waals surface area contributed by atoms with E-state index in [0.717, 1.165) is 25.0 Å². The number of halogens is 1. The molecule has 0 unspecified atom stereocenters. The van der Waals surface area contributed by atoms with Gasteiger partial charge in [0.2, 0.25) is 11.8 Å². The Labute approximate surface area is 167 Å². The van der Waals surface area contributed by atoms with Gasteiger partial charge < -0.3 is 20.1 Å². The number of anilines is 1. The molecule has 2 amide bonds. The number of hydrogen-bond acceptors (Lipinski definition) is 6. The summed E-state index contributed by atoms with van der Waals surface area (Å²) < 4.78 is 10.8. The van der Waals surface area contributed by atoms with E-state index in [4.69, 9.17) is 21.1 Å². The molecule has 0 saturated carbocycles. The number of thioether (sulfide) groups is 1. The van der Waals surface area contributed by atoms with E-state index < -0.39 is 5.25 Å². The second kappa shape index (κ2) is 8.95. The normalized spacial score (nSPS) is 23.5. The second-order valence-corrected chi connectivity index (χ2v) is 8.03. The molecule has 9 heteroatoms. The Morgan fingerprint density at radius 3 is 3.04 bits per heavy atom. The van der Waals surface area contributed by atoms with E-state index in [-0.39, 0.29) is 24.3 Å². The number of carbonyl (C=O) groups excluding carboxylic acids is 2. The average molecular weight is 412 g/mol. The monoisotopic (exact) mass is 411 g/mol. The summed E-state index contributed by atoms with van der Waals surface area (Å²) in [6.07, 6.45) is 2.20. The van der Waals surface area contributed by atoms with Crippen molar-refractivity contribution in [2.45, 2.75) is 37.5 Å². The Kier molecular flexibility index (Phi) is 6.62. The van der Waals surface area contributed by atoms with Crippen LogP contribution in [0.25, 0.3) is 0 Å². The van der Waals surface area contributed by atoms with Crippen LogP contribution >= 0.6 is 23.4 Å². The molecule has 2 heterocycles. The zero-order valence-corrected chi connectivity index (χ0v) is 16.8. The number of hydrogen-bond donors (Lipinski definition) is 2. The first-order valence-electron chi connectivity index (χ1n) is 8.74. The number of nitrogens with one attached hydrogen (secondary N) is 2. The lowest BCUT2D eigenvalue weighted by atomic mass is 10.2. The Morgan fingerprint density at radius 2 is 2.33 bits per heavy atom. The van der Waals surface area contributed by atoms with Gasteiger partial charge in [-0.05, 0) is 31.4 Å². The molecule has 2 N–H and O–H groups in total. The maximum atomic E-state index is 12.4. The summed E-state index contributed by atoms with van der Waals surface area (Å²) >= 11 is 7.36. The minimum atomic E-state index is -0.507. The molecule has 1 aromatic rings. The lowest BCUT2D eigenvalue weighted by Crippen LogP contribution is -2.28. The molecule has 0 spiro atoms. The van der Waals surface area contributed by atoms with Crippen LogP contribution in [0, 0.1) is 6.92 Å². The highest BCUT2D eigenvalue weighted by Gasteiger charge is 2.32. The molecule has 146 valence electrons. The van der Waals surface area contributed by atoms with Gasteiger partial charge in [-0.3, -0.25) is 14.6 Å². The molecule has 0 aromatic heterocycles. The van der Waals surface area contributed by atoms with Gasteiger partial charge in [0.15, 0.2) is 5.17 Å². The zero-order valence-electron chi connectivity index (χ0n) is 15.2. The summed E-state index contributed by atoms with van der Waals surface area (Å²) in [5.41, 5.74) is 1.35. The molecule has 0 bridgehead atoms. The summed E-state index contributed by atoms with van der Waals surface area (Å²) in [5, 5.41) is 6.13. The number of amides is 2. The molecule has 3 rings (SSSR count). The van der Waals surface area contributed by atoms with E-state index in [2.05, 4.69) is 15.6 Å². The van der Waals surface area contributed by atoms with Gasteiger partial charge in [0.1, 0.15) is 11.0 Å². The van der Waals surface area contributed by atoms with Gasteiger partial charge in [0.05, 0.1) is 25.4 Å². The Balaban J connectivity index is 1.57. The second-order valence-electron chi connectivity index (χ2n) is 6.43. The van der Waals surface area contributed by atoms with E-state index in [1.165, 1.54) is 18.9 Å². The molecule has 0 aliphatic carbocycles. The van der Waals surface area contributed by atoms with Crippen LogP contribution in [0.5, 0.6) is 5.75 Å². The third kappa shape index (κ3) is 5.15. The van der Waals surface area contributed by atoms with Crippen molar-refractivity contribution in [3.63, 3.8) is 0 Å².